The van der Waals surface area contributed by atoms with Gasteiger partial charge in [0.05, 0.1) is 16.0 Å². The number of carbonyl (C=O) groups excluding carboxylic acids is 1. The van der Waals surface area contributed by atoms with E-state index < -0.39 is 49.6 Å². The molecular weight excluding hydrogens is 377 g/mol. The van der Waals surface area contributed by atoms with E-state index in [2.05, 4.69) is 0 Å². The Bertz CT molecular complexity index is 845. The van der Waals surface area contributed by atoms with Crippen molar-refractivity contribution in [3.05, 3.63) is 29.3 Å². The molecule has 7 nitrogen and oxygen atoms in total. The van der Waals surface area contributed by atoms with Crippen LogP contribution >= 0.6 is 0 Å². The Labute approximate surface area is 147 Å². The molecule has 1 saturated carbocycles. The minimum absolute atomic E-state index is 0.164. The molecule has 11 heteroatoms. The van der Waals surface area contributed by atoms with E-state index in [0.29, 0.717) is 23.2 Å². The van der Waals surface area contributed by atoms with Gasteiger partial charge in [0.25, 0.3) is 0 Å². The van der Waals surface area contributed by atoms with E-state index in [4.69, 9.17) is 10.8 Å². The summed E-state index contributed by atoms with van der Waals surface area (Å²) in [5.41, 5.74) is 1.21. The summed E-state index contributed by atoms with van der Waals surface area (Å²) in [7, 11) is -3.42. The van der Waals surface area contributed by atoms with Gasteiger partial charge in [-0.05, 0) is 31.0 Å². The van der Waals surface area contributed by atoms with Crippen LogP contribution < -0.4 is 5.73 Å². The zero-order valence-corrected chi connectivity index (χ0v) is 14.5. The van der Waals surface area contributed by atoms with Gasteiger partial charge in [-0.3, -0.25) is 4.79 Å². The molecule has 26 heavy (non-hydrogen) atoms. The Morgan fingerprint density at radius 2 is 1.77 bits per heavy atom. The second-order valence-electron chi connectivity index (χ2n) is 6.09. The molecule has 1 aromatic rings. The number of benzene rings is 1. The van der Waals surface area contributed by atoms with Gasteiger partial charge in [0, 0.05) is 7.05 Å². The Hall–Kier alpha value is -2.14. The van der Waals surface area contributed by atoms with Crippen LogP contribution in [0, 0.1) is 0 Å². The first-order chi connectivity index (χ1) is 11.8. The number of primary amides is 1. The summed E-state index contributed by atoms with van der Waals surface area (Å²) in [6.45, 7) is 0. The van der Waals surface area contributed by atoms with Gasteiger partial charge in [0.2, 0.25) is 15.9 Å². The molecule has 144 valence electrons. The highest BCUT2D eigenvalue weighted by molar-refractivity contribution is 7.89. The zero-order valence-electron chi connectivity index (χ0n) is 13.7. The van der Waals surface area contributed by atoms with E-state index in [-0.39, 0.29) is 18.9 Å². The lowest BCUT2D eigenvalue weighted by Gasteiger charge is -2.35. The average molecular weight is 394 g/mol. The number of carbonyl (C=O) groups is 2. The number of nitrogens with two attached hydrogens (primary N) is 1. The maximum absolute atomic E-state index is 13.1. The number of likely N-dealkylation sites (N-methyl/N-ethyl adjacent to an activating group) is 1. The molecule has 0 aliphatic heterocycles. The third-order valence-corrected chi connectivity index (χ3v) is 6.60. The van der Waals surface area contributed by atoms with Crippen LogP contribution in [0.15, 0.2) is 23.1 Å². The topological polar surface area (TPSA) is 118 Å². The van der Waals surface area contributed by atoms with Crippen molar-refractivity contribution >= 4 is 21.9 Å². The molecule has 0 atom stereocenters. The van der Waals surface area contributed by atoms with Gasteiger partial charge < -0.3 is 10.8 Å². The summed E-state index contributed by atoms with van der Waals surface area (Å²) in [5.74, 6) is -2.71. The number of hydrogen-bond acceptors (Lipinski definition) is 4. The van der Waals surface area contributed by atoms with Crippen molar-refractivity contribution in [2.24, 2.45) is 5.73 Å². The number of carboxylic acid groups (broad SMARTS) is 1. The minimum atomic E-state index is -5.06. The molecule has 0 radical (unpaired) electrons. The molecule has 0 saturated heterocycles. The maximum atomic E-state index is 13.1. The Balaban J connectivity index is 2.59. The minimum Gasteiger partial charge on any atom is -0.478 e. The molecule has 3 N–H and O–H groups in total. The lowest BCUT2D eigenvalue weighted by atomic mass is 9.97. The number of amides is 1. The molecule has 1 aromatic carbocycles. The molecule has 0 aromatic heterocycles. The lowest BCUT2D eigenvalue weighted by molar-refractivity contribution is -0.138. The number of rotatable bonds is 5. The van der Waals surface area contributed by atoms with Gasteiger partial charge in [-0.2, -0.15) is 17.5 Å². The van der Waals surface area contributed by atoms with Crippen LogP contribution in [0.4, 0.5) is 13.2 Å². The molecule has 0 spiro atoms. The fourth-order valence-corrected chi connectivity index (χ4v) is 4.73. The highest BCUT2D eigenvalue weighted by Crippen LogP contribution is 2.39. The smallest absolute Gasteiger partial charge is 0.417 e. The Morgan fingerprint density at radius 3 is 2.19 bits per heavy atom. The van der Waals surface area contributed by atoms with E-state index in [1.165, 1.54) is 0 Å². The van der Waals surface area contributed by atoms with Gasteiger partial charge in [0.1, 0.15) is 5.54 Å². The quantitative estimate of drug-likeness (QED) is 0.790. The van der Waals surface area contributed by atoms with Gasteiger partial charge in [-0.25, -0.2) is 13.2 Å². The number of sulfonamides is 1. The molecule has 2 rings (SSSR count). The highest BCUT2D eigenvalue weighted by atomic mass is 32.2. The van der Waals surface area contributed by atoms with Crippen molar-refractivity contribution in [1.29, 1.82) is 0 Å². The first kappa shape index (κ1) is 20.2. The van der Waals surface area contributed by atoms with Crippen LogP contribution in [0.3, 0.4) is 0 Å². The molecule has 1 aliphatic rings. The van der Waals surface area contributed by atoms with Crippen LogP contribution in [0.5, 0.6) is 0 Å². The lowest BCUT2D eigenvalue weighted by Crippen LogP contribution is -2.56. The van der Waals surface area contributed by atoms with E-state index >= 15 is 0 Å². The van der Waals surface area contributed by atoms with E-state index in [1.807, 2.05) is 0 Å². The largest absolute Gasteiger partial charge is 0.478 e. The predicted octanol–water partition coefficient (Wildman–Crippen LogP) is 1.82. The summed E-state index contributed by atoms with van der Waals surface area (Å²) in [4.78, 5) is 22.1. The molecule has 1 amide bonds. The molecule has 1 fully saturated rings. The zero-order chi connectivity index (χ0) is 19.9. The number of hydrogen-bond donors (Lipinski definition) is 2. The van der Waals surface area contributed by atoms with Gasteiger partial charge >= 0.3 is 12.1 Å². The SMILES string of the molecule is CN(C1(C(N)=O)CCCC1)S(=O)(=O)c1ccc(C(=O)O)c(C(F)(F)F)c1. The summed E-state index contributed by atoms with van der Waals surface area (Å²) < 4.78 is 65.7. The van der Waals surface area contributed by atoms with Crippen molar-refractivity contribution in [3.8, 4) is 0 Å². The molecule has 0 heterocycles. The van der Waals surface area contributed by atoms with Crippen molar-refractivity contribution in [3.63, 3.8) is 0 Å². The average Bonchev–Trinajstić information content (AvgIpc) is 3.03. The van der Waals surface area contributed by atoms with Crippen LogP contribution in [0.25, 0.3) is 0 Å². The van der Waals surface area contributed by atoms with Gasteiger partial charge in [-0.1, -0.05) is 12.8 Å². The second kappa shape index (κ2) is 6.54. The van der Waals surface area contributed by atoms with Crippen LogP contribution in [-0.4, -0.2) is 42.3 Å². The van der Waals surface area contributed by atoms with Crippen molar-refractivity contribution in [2.75, 3.05) is 7.05 Å². The fourth-order valence-electron chi connectivity index (χ4n) is 3.17. The fraction of sp³-hybridized carbons (Fsp3) is 0.467. The van der Waals surface area contributed by atoms with E-state index in [1.54, 1.807) is 0 Å². The van der Waals surface area contributed by atoms with Crippen molar-refractivity contribution in [1.82, 2.24) is 4.31 Å². The van der Waals surface area contributed by atoms with Crippen molar-refractivity contribution < 1.29 is 36.3 Å². The first-order valence-electron chi connectivity index (χ1n) is 7.57. The number of carboxylic acids is 1. The van der Waals surface area contributed by atoms with Crippen LogP contribution in [0.1, 0.15) is 41.6 Å². The molecular formula is C15H17F3N2O5S. The third-order valence-electron chi connectivity index (χ3n) is 4.68. The number of halogens is 3. The highest BCUT2D eigenvalue weighted by Gasteiger charge is 2.49. The number of alkyl halides is 3. The summed E-state index contributed by atoms with van der Waals surface area (Å²) in [5, 5.41) is 8.90. The monoisotopic (exact) mass is 394 g/mol. The van der Waals surface area contributed by atoms with Gasteiger partial charge in [0.15, 0.2) is 0 Å². The van der Waals surface area contributed by atoms with Crippen LogP contribution in [0.2, 0.25) is 0 Å². The standard InChI is InChI=1S/C15H17F3N2O5S/c1-20(14(13(19)23)6-2-3-7-14)26(24,25)9-4-5-10(12(21)22)11(8-9)15(16,17)18/h4-5,8H,2-3,6-7H2,1H3,(H2,19,23)(H,21,22). The third kappa shape index (κ3) is 3.28. The Morgan fingerprint density at radius 1 is 1.23 bits per heavy atom. The van der Waals surface area contributed by atoms with Crippen molar-refractivity contribution in [2.45, 2.75) is 42.3 Å². The summed E-state index contributed by atoms with van der Waals surface area (Å²) in [6, 6.07) is 1.62. The first-order valence-corrected chi connectivity index (χ1v) is 9.01. The normalized spacial score (nSPS) is 17.4. The van der Waals surface area contributed by atoms with E-state index in [9.17, 15) is 31.2 Å². The maximum Gasteiger partial charge on any atom is 0.417 e. The van der Waals surface area contributed by atoms with Crippen LogP contribution in [-0.2, 0) is 21.0 Å². The summed E-state index contributed by atoms with van der Waals surface area (Å²) >= 11 is 0. The second-order valence-corrected chi connectivity index (χ2v) is 8.06. The Kier molecular flexibility index (Phi) is 5.08. The molecule has 0 bridgehead atoms. The number of nitrogens with zero attached hydrogens (tertiary/aromatic N) is 1. The van der Waals surface area contributed by atoms with Gasteiger partial charge in [-0.15, -0.1) is 0 Å². The molecule has 1 aliphatic carbocycles. The number of aromatic carboxylic acids is 1. The molecule has 0 unspecified atom stereocenters. The van der Waals surface area contributed by atoms with E-state index in [0.717, 1.165) is 13.1 Å². The summed E-state index contributed by atoms with van der Waals surface area (Å²) in [6.07, 6.45) is -3.63. The predicted molar refractivity (Wildman–Crippen MR) is 83.7 cm³/mol.